The highest BCUT2D eigenvalue weighted by Gasteiger charge is 2.21. The van der Waals surface area contributed by atoms with Gasteiger partial charge in [-0.25, -0.2) is 8.78 Å². The van der Waals surface area contributed by atoms with Crippen molar-refractivity contribution in [1.29, 1.82) is 0 Å². The zero-order valence-corrected chi connectivity index (χ0v) is 16.8. The Bertz CT molecular complexity index is 1160. The number of aromatic nitrogens is 2. The molecule has 2 N–H and O–H groups in total. The van der Waals surface area contributed by atoms with E-state index in [1.54, 1.807) is 6.92 Å². The Labute approximate surface area is 175 Å². The van der Waals surface area contributed by atoms with Crippen molar-refractivity contribution in [3.05, 3.63) is 81.1 Å². The predicted molar refractivity (Wildman–Crippen MR) is 109 cm³/mol. The number of amides is 1. The summed E-state index contributed by atoms with van der Waals surface area (Å²) in [5.74, 6) is -2.05. The topological polar surface area (TPSA) is 84.2 Å². The first-order valence-electron chi connectivity index (χ1n) is 9.02. The van der Waals surface area contributed by atoms with E-state index in [1.165, 1.54) is 43.3 Å². The minimum Gasteiger partial charge on any atom is -0.391 e. The third kappa shape index (κ3) is 4.55. The van der Waals surface area contributed by atoms with Gasteiger partial charge in [-0.1, -0.05) is 23.7 Å². The van der Waals surface area contributed by atoms with Crippen LogP contribution in [0.2, 0.25) is 5.02 Å². The molecule has 0 fully saturated rings. The van der Waals surface area contributed by atoms with Crippen LogP contribution < -0.4 is 10.9 Å². The number of carbonyl (C=O) groups excluding carboxylic acids is 1. The molecule has 156 valence electrons. The Hall–Kier alpha value is -3.10. The summed E-state index contributed by atoms with van der Waals surface area (Å²) in [4.78, 5) is 25.6. The number of aliphatic hydroxyl groups excluding tert-OH is 1. The molecule has 3 rings (SSSR count). The number of hydrogen-bond donors (Lipinski definition) is 2. The maximum absolute atomic E-state index is 14.0. The molecule has 1 aromatic heterocycles. The van der Waals surface area contributed by atoms with Gasteiger partial charge in [-0.15, -0.1) is 0 Å². The van der Waals surface area contributed by atoms with E-state index in [0.29, 0.717) is 0 Å². The molecule has 1 heterocycles. The molecule has 0 aliphatic rings. The van der Waals surface area contributed by atoms with Gasteiger partial charge in [0.1, 0.15) is 17.2 Å². The summed E-state index contributed by atoms with van der Waals surface area (Å²) in [6.45, 7) is 3.06. The lowest BCUT2D eigenvalue weighted by atomic mass is 10.1. The Balaban J connectivity index is 2.20. The van der Waals surface area contributed by atoms with Crippen LogP contribution in [-0.2, 0) is 0 Å². The van der Waals surface area contributed by atoms with E-state index in [4.69, 9.17) is 11.6 Å². The van der Waals surface area contributed by atoms with E-state index in [2.05, 4.69) is 10.4 Å². The molecule has 30 heavy (non-hydrogen) atoms. The van der Waals surface area contributed by atoms with Crippen molar-refractivity contribution in [2.75, 3.05) is 0 Å². The summed E-state index contributed by atoms with van der Waals surface area (Å²) in [6.07, 6.45) is -0.855. The van der Waals surface area contributed by atoms with E-state index in [1.807, 2.05) is 0 Å². The second kappa shape index (κ2) is 8.73. The van der Waals surface area contributed by atoms with Gasteiger partial charge in [0, 0.05) is 5.56 Å². The SMILES string of the molecule is C[C@H](O)[C@H](C)NC(=O)c1cc(-c2ccc(Cl)c(F)c2)nn(-c2cccc(F)c2)c1=O. The first kappa shape index (κ1) is 21.6. The van der Waals surface area contributed by atoms with Crippen LogP contribution in [0.25, 0.3) is 16.9 Å². The van der Waals surface area contributed by atoms with Crippen molar-refractivity contribution in [1.82, 2.24) is 15.1 Å². The van der Waals surface area contributed by atoms with Crippen LogP contribution in [0, 0.1) is 11.6 Å². The molecule has 0 unspecified atom stereocenters. The number of nitrogens with one attached hydrogen (secondary N) is 1. The van der Waals surface area contributed by atoms with Gasteiger partial charge in [-0.05, 0) is 50.2 Å². The normalized spacial score (nSPS) is 13.0. The maximum atomic E-state index is 14.0. The predicted octanol–water partition coefficient (Wildman–Crippen LogP) is 3.33. The molecular formula is C21H18ClF2N3O3. The molecule has 0 spiro atoms. The van der Waals surface area contributed by atoms with Gasteiger partial charge in [0.2, 0.25) is 0 Å². The Morgan fingerprint density at radius 1 is 1.17 bits per heavy atom. The molecule has 0 saturated carbocycles. The van der Waals surface area contributed by atoms with E-state index >= 15 is 0 Å². The number of benzene rings is 2. The van der Waals surface area contributed by atoms with Gasteiger partial charge in [-0.2, -0.15) is 9.78 Å². The summed E-state index contributed by atoms with van der Waals surface area (Å²) in [7, 11) is 0. The molecule has 2 aromatic carbocycles. The van der Waals surface area contributed by atoms with Crippen LogP contribution in [0.15, 0.2) is 53.3 Å². The van der Waals surface area contributed by atoms with Gasteiger partial charge in [0.05, 0.1) is 28.5 Å². The van der Waals surface area contributed by atoms with Gasteiger partial charge >= 0.3 is 0 Å². The third-order valence-corrected chi connectivity index (χ3v) is 4.81. The molecule has 0 saturated heterocycles. The van der Waals surface area contributed by atoms with E-state index < -0.39 is 35.2 Å². The summed E-state index contributed by atoms with van der Waals surface area (Å²) < 4.78 is 28.5. The average Bonchev–Trinajstić information content (AvgIpc) is 2.70. The van der Waals surface area contributed by atoms with E-state index in [9.17, 15) is 23.5 Å². The summed E-state index contributed by atoms with van der Waals surface area (Å²) >= 11 is 5.73. The van der Waals surface area contributed by atoms with Crippen LogP contribution >= 0.6 is 11.6 Å². The second-order valence-electron chi connectivity index (χ2n) is 6.77. The van der Waals surface area contributed by atoms with Gasteiger partial charge in [0.15, 0.2) is 0 Å². The maximum Gasteiger partial charge on any atom is 0.284 e. The number of carbonyl (C=O) groups is 1. The Morgan fingerprint density at radius 3 is 2.53 bits per heavy atom. The number of rotatable bonds is 5. The van der Waals surface area contributed by atoms with Crippen LogP contribution in [-0.4, -0.2) is 32.9 Å². The molecule has 1 amide bonds. The molecule has 0 radical (unpaired) electrons. The number of hydrogen-bond acceptors (Lipinski definition) is 4. The summed E-state index contributed by atoms with van der Waals surface area (Å²) in [5, 5.41) is 16.2. The molecule has 2 atom stereocenters. The zero-order chi connectivity index (χ0) is 22.0. The number of nitrogens with zero attached hydrogens (tertiary/aromatic N) is 2. The largest absolute Gasteiger partial charge is 0.391 e. The van der Waals surface area contributed by atoms with E-state index in [0.717, 1.165) is 16.8 Å². The van der Waals surface area contributed by atoms with Gasteiger partial charge < -0.3 is 10.4 Å². The molecule has 6 nitrogen and oxygen atoms in total. The fourth-order valence-corrected chi connectivity index (χ4v) is 2.76. The molecule has 0 aliphatic carbocycles. The average molecular weight is 434 g/mol. The van der Waals surface area contributed by atoms with Crippen molar-refractivity contribution in [2.45, 2.75) is 26.0 Å². The van der Waals surface area contributed by atoms with Crippen molar-refractivity contribution < 1.29 is 18.7 Å². The van der Waals surface area contributed by atoms with E-state index in [-0.39, 0.29) is 27.5 Å². The lowest BCUT2D eigenvalue weighted by Gasteiger charge is -2.17. The lowest BCUT2D eigenvalue weighted by Crippen LogP contribution is -2.42. The summed E-state index contributed by atoms with van der Waals surface area (Å²) in [6, 6.07) is 9.62. The standard InChI is InChI=1S/C21H18ClF2N3O3/c1-11(12(2)28)25-20(29)16-10-19(13-6-7-17(22)18(24)8-13)26-27(21(16)30)15-5-3-4-14(23)9-15/h3-12,28H,1-2H3,(H,25,29)/t11-,12-/m0/s1. The van der Waals surface area contributed by atoms with Crippen LogP contribution in [0.1, 0.15) is 24.2 Å². The molecule has 3 aromatic rings. The van der Waals surface area contributed by atoms with Crippen molar-refractivity contribution in [3.8, 4) is 16.9 Å². The monoisotopic (exact) mass is 433 g/mol. The Morgan fingerprint density at radius 2 is 1.90 bits per heavy atom. The Kier molecular flexibility index (Phi) is 6.28. The lowest BCUT2D eigenvalue weighted by molar-refractivity contribution is 0.0871. The fourth-order valence-electron chi connectivity index (χ4n) is 2.64. The molecule has 0 aliphatic heterocycles. The molecule has 0 bridgehead atoms. The number of aliphatic hydroxyl groups is 1. The number of halogens is 3. The minimum absolute atomic E-state index is 0.0916. The van der Waals surface area contributed by atoms with Crippen molar-refractivity contribution in [3.63, 3.8) is 0 Å². The smallest absolute Gasteiger partial charge is 0.284 e. The van der Waals surface area contributed by atoms with Crippen molar-refractivity contribution >= 4 is 17.5 Å². The third-order valence-electron chi connectivity index (χ3n) is 4.51. The van der Waals surface area contributed by atoms with Gasteiger partial charge in [0.25, 0.3) is 11.5 Å². The minimum atomic E-state index is -0.855. The van der Waals surface area contributed by atoms with Crippen LogP contribution in [0.5, 0.6) is 0 Å². The van der Waals surface area contributed by atoms with Crippen molar-refractivity contribution in [2.24, 2.45) is 0 Å². The fraction of sp³-hybridized carbons (Fsp3) is 0.190. The highest BCUT2D eigenvalue weighted by molar-refractivity contribution is 6.30. The first-order valence-corrected chi connectivity index (χ1v) is 9.40. The highest BCUT2D eigenvalue weighted by Crippen LogP contribution is 2.23. The van der Waals surface area contributed by atoms with Crippen LogP contribution in [0.3, 0.4) is 0 Å². The van der Waals surface area contributed by atoms with Gasteiger partial charge in [-0.3, -0.25) is 9.59 Å². The summed E-state index contributed by atoms with van der Waals surface area (Å²) in [5.41, 5.74) is -0.640. The highest BCUT2D eigenvalue weighted by atomic mass is 35.5. The second-order valence-corrected chi connectivity index (χ2v) is 7.18. The van der Waals surface area contributed by atoms with Crippen LogP contribution in [0.4, 0.5) is 8.78 Å². The quantitative estimate of drug-likeness (QED) is 0.646. The molecular weight excluding hydrogens is 416 g/mol. The first-order chi connectivity index (χ1) is 14.2. The zero-order valence-electron chi connectivity index (χ0n) is 16.1. The molecule has 9 heteroatoms.